The van der Waals surface area contributed by atoms with Gasteiger partial charge in [0, 0.05) is 12.6 Å². The van der Waals surface area contributed by atoms with Crippen LogP contribution < -0.4 is 5.32 Å². The van der Waals surface area contributed by atoms with Gasteiger partial charge in [0.2, 0.25) is 5.91 Å². The van der Waals surface area contributed by atoms with Crippen LogP contribution in [-0.4, -0.2) is 17.0 Å². The third-order valence-corrected chi connectivity index (χ3v) is 2.49. The normalized spacial score (nSPS) is 9.94. The summed E-state index contributed by atoms with van der Waals surface area (Å²) < 4.78 is 0. The molecule has 0 radical (unpaired) electrons. The van der Waals surface area contributed by atoms with Crippen molar-refractivity contribution in [1.29, 1.82) is 0 Å². The molecule has 86 valence electrons. The van der Waals surface area contributed by atoms with Crippen LogP contribution in [0.5, 0.6) is 0 Å². The molecule has 0 saturated heterocycles. The predicted octanol–water partition coefficient (Wildman–Crippen LogP) is 2.21. The summed E-state index contributed by atoms with van der Waals surface area (Å²) in [6.07, 6.45) is 0.626. The Morgan fingerprint density at radius 3 is 2.44 bits per heavy atom. The van der Waals surface area contributed by atoms with Crippen molar-refractivity contribution in [3.05, 3.63) is 28.8 Å². The number of hydrogen-bond acceptors (Lipinski definition) is 2. The predicted molar refractivity (Wildman–Crippen MR) is 61.8 cm³/mol. The van der Waals surface area contributed by atoms with E-state index in [1.54, 1.807) is 6.07 Å². The largest absolute Gasteiger partial charge is 0.478 e. The van der Waals surface area contributed by atoms with Crippen molar-refractivity contribution in [1.82, 2.24) is 0 Å². The van der Waals surface area contributed by atoms with Crippen molar-refractivity contribution in [2.24, 2.45) is 0 Å². The van der Waals surface area contributed by atoms with E-state index >= 15 is 0 Å². The molecule has 0 aromatic heterocycles. The second-order valence-electron chi connectivity index (χ2n) is 3.60. The van der Waals surface area contributed by atoms with Crippen LogP contribution in [0, 0.1) is 6.92 Å². The van der Waals surface area contributed by atoms with Gasteiger partial charge in [-0.05, 0) is 36.6 Å². The Kier molecular flexibility index (Phi) is 3.66. The smallest absolute Gasteiger partial charge is 0.335 e. The van der Waals surface area contributed by atoms with E-state index in [1.807, 2.05) is 13.8 Å². The maximum absolute atomic E-state index is 11.0. The number of nitrogens with one attached hydrogen (secondary N) is 1. The summed E-state index contributed by atoms with van der Waals surface area (Å²) in [4.78, 5) is 21.9. The average molecular weight is 221 g/mol. The molecular weight excluding hydrogens is 206 g/mol. The van der Waals surface area contributed by atoms with Crippen molar-refractivity contribution in [2.75, 3.05) is 5.32 Å². The van der Waals surface area contributed by atoms with Crippen LogP contribution in [0.2, 0.25) is 0 Å². The highest BCUT2D eigenvalue weighted by molar-refractivity contribution is 5.94. The summed E-state index contributed by atoms with van der Waals surface area (Å²) >= 11 is 0. The van der Waals surface area contributed by atoms with Crippen LogP contribution in [0.15, 0.2) is 12.1 Å². The topological polar surface area (TPSA) is 66.4 Å². The zero-order chi connectivity index (χ0) is 12.3. The van der Waals surface area contributed by atoms with Crippen LogP contribution in [0.25, 0.3) is 0 Å². The van der Waals surface area contributed by atoms with Gasteiger partial charge in [0.05, 0.1) is 5.56 Å². The van der Waals surface area contributed by atoms with Gasteiger partial charge < -0.3 is 10.4 Å². The van der Waals surface area contributed by atoms with E-state index in [0.717, 1.165) is 11.1 Å². The number of carbonyl (C=O) groups excluding carboxylic acids is 1. The number of hydrogen-bond donors (Lipinski definition) is 2. The van der Waals surface area contributed by atoms with Crippen LogP contribution in [0.1, 0.15) is 35.3 Å². The Morgan fingerprint density at radius 1 is 1.38 bits per heavy atom. The molecule has 0 unspecified atom stereocenters. The number of aromatic carboxylic acids is 1. The zero-order valence-electron chi connectivity index (χ0n) is 9.63. The molecule has 1 aromatic carbocycles. The monoisotopic (exact) mass is 221 g/mol. The lowest BCUT2D eigenvalue weighted by Crippen LogP contribution is -2.11. The van der Waals surface area contributed by atoms with Gasteiger partial charge in [0.1, 0.15) is 0 Å². The molecule has 0 atom stereocenters. The van der Waals surface area contributed by atoms with Gasteiger partial charge in [0.15, 0.2) is 0 Å². The number of carboxylic acid groups (broad SMARTS) is 1. The van der Waals surface area contributed by atoms with Crippen LogP contribution >= 0.6 is 0 Å². The van der Waals surface area contributed by atoms with Crippen molar-refractivity contribution >= 4 is 17.6 Å². The molecular formula is C12H15NO3. The highest BCUT2D eigenvalue weighted by Gasteiger charge is 2.13. The standard InChI is InChI=1S/C12H15NO3/c1-4-9-7(2)11(13-8(3)14)6-5-10(9)12(15)16/h5-6H,4H2,1-3H3,(H,13,14)(H,15,16). The van der Waals surface area contributed by atoms with E-state index in [9.17, 15) is 9.59 Å². The van der Waals surface area contributed by atoms with Gasteiger partial charge in [0.25, 0.3) is 0 Å². The molecule has 0 saturated carbocycles. The first kappa shape index (κ1) is 12.2. The second-order valence-corrected chi connectivity index (χ2v) is 3.60. The lowest BCUT2D eigenvalue weighted by atomic mass is 9.98. The maximum Gasteiger partial charge on any atom is 0.335 e. The molecule has 0 heterocycles. The summed E-state index contributed by atoms with van der Waals surface area (Å²) in [6, 6.07) is 3.15. The molecule has 16 heavy (non-hydrogen) atoms. The Bertz CT molecular complexity index is 438. The first-order valence-electron chi connectivity index (χ1n) is 5.10. The summed E-state index contributed by atoms with van der Waals surface area (Å²) in [6.45, 7) is 5.14. The summed E-state index contributed by atoms with van der Waals surface area (Å²) in [5, 5.41) is 11.7. The Morgan fingerprint density at radius 2 is 2.00 bits per heavy atom. The molecule has 0 aliphatic rings. The van der Waals surface area contributed by atoms with Gasteiger partial charge in [-0.25, -0.2) is 4.79 Å². The van der Waals surface area contributed by atoms with Crippen LogP contribution in [0.3, 0.4) is 0 Å². The minimum absolute atomic E-state index is 0.159. The number of amides is 1. The van der Waals surface area contributed by atoms with Crippen LogP contribution in [0.4, 0.5) is 5.69 Å². The first-order valence-corrected chi connectivity index (χ1v) is 5.10. The quantitative estimate of drug-likeness (QED) is 0.822. The molecule has 0 fully saturated rings. The number of benzene rings is 1. The van der Waals surface area contributed by atoms with Gasteiger partial charge >= 0.3 is 5.97 Å². The van der Waals surface area contributed by atoms with Crippen molar-refractivity contribution < 1.29 is 14.7 Å². The Labute approximate surface area is 94.3 Å². The fourth-order valence-electron chi connectivity index (χ4n) is 1.74. The number of anilines is 1. The lowest BCUT2D eigenvalue weighted by Gasteiger charge is -2.13. The minimum atomic E-state index is -0.936. The maximum atomic E-state index is 11.0. The van der Waals surface area contributed by atoms with Gasteiger partial charge in [-0.1, -0.05) is 6.92 Å². The molecule has 4 heteroatoms. The van der Waals surface area contributed by atoms with E-state index < -0.39 is 5.97 Å². The van der Waals surface area contributed by atoms with E-state index in [1.165, 1.54) is 13.0 Å². The van der Waals surface area contributed by atoms with Crippen LogP contribution in [-0.2, 0) is 11.2 Å². The van der Waals surface area contributed by atoms with E-state index in [4.69, 9.17) is 5.11 Å². The summed E-state index contributed by atoms with van der Waals surface area (Å²) in [5.41, 5.74) is 2.56. The minimum Gasteiger partial charge on any atom is -0.478 e. The molecule has 0 spiro atoms. The number of carbonyl (C=O) groups is 2. The molecule has 1 aromatic rings. The number of rotatable bonds is 3. The van der Waals surface area contributed by atoms with Crippen molar-refractivity contribution in [2.45, 2.75) is 27.2 Å². The highest BCUT2D eigenvalue weighted by Crippen LogP contribution is 2.23. The Balaban J connectivity index is 3.28. The van der Waals surface area contributed by atoms with E-state index in [2.05, 4.69) is 5.32 Å². The molecule has 0 bridgehead atoms. The zero-order valence-corrected chi connectivity index (χ0v) is 9.63. The first-order chi connectivity index (χ1) is 7.47. The van der Waals surface area contributed by atoms with Crippen molar-refractivity contribution in [3.8, 4) is 0 Å². The Hall–Kier alpha value is -1.84. The van der Waals surface area contributed by atoms with Gasteiger partial charge in [-0.3, -0.25) is 4.79 Å². The van der Waals surface area contributed by atoms with E-state index in [0.29, 0.717) is 17.7 Å². The lowest BCUT2D eigenvalue weighted by molar-refractivity contribution is -0.114. The average Bonchev–Trinajstić information content (AvgIpc) is 2.19. The third kappa shape index (κ3) is 2.39. The SMILES string of the molecule is CCc1c(C(=O)O)ccc(NC(C)=O)c1C. The molecule has 2 N–H and O–H groups in total. The molecule has 4 nitrogen and oxygen atoms in total. The van der Waals surface area contributed by atoms with Gasteiger partial charge in [-0.2, -0.15) is 0 Å². The summed E-state index contributed by atoms with van der Waals surface area (Å²) in [7, 11) is 0. The van der Waals surface area contributed by atoms with Crippen molar-refractivity contribution in [3.63, 3.8) is 0 Å². The molecule has 0 aliphatic carbocycles. The fraction of sp³-hybridized carbons (Fsp3) is 0.333. The van der Waals surface area contributed by atoms with E-state index in [-0.39, 0.29) is 5.91 Å². The second kappa shape index (κ2) is 4.79. The highest BCUT2D eigenvalue weighted by atomic mass is 16.4. The van der Waals surface area contributed by atoms with Gasteiger partial charge in [-0.15, -0.1) is 0 Å². The third-order valence-electron chi connectivity index (χ3n) is 2.49. The number of carboxylic acids is 1. The fourth-order valence-corrected chi connectivity index (χ4v) is 1.74. The molecule has 1 rings (SSSR count). The molecule has 0 aliphatic heterocycles. The summed E-state index contributed by atoms with van der Waals surface area (Å²) in [5.74, 6) is -1.09. The molecule has 1 amide bonds.